The molecule has 2 N–H and O–H groups in total. The Hall–Kier alpha value is -1.52. The minimum atomic E-state index is 0.521. The van der Waals surface area contributed by atoms with E-state index in [9.17, 15) is 0 Å². The zero-order valence-electron chi connectivity index (χ0n) is 12.2. The lowest BCUT2D eigenvalue weighted by molar-refractivity contribution is 0.684. The van der Waals surface area contributed by atoms with Crippen LogP contribution in [-0.2, 0) is 0 Å². The molecule has 1 aromatic heterocycles. The van der Waals surface area contributed by atoms with Crippen LogP contribution in [0.3, 0.4) is 0 Å². The van der Waals surface area contributed by atoms with Gasteiger partial charge in [-0.15, -0.1) is 0 Å². The number of rotatable bonds is 5. The monoisotopic (exact) mass is 324 g/mol. The fourth-order valence-electron chi connectivity index (χ4n) is 1.74. The Morgan fingerprint density at radius 3 is 2.62 bits per heavy atom. The number of nitrogens with one attached hydrogen (secondary N) is 2. The van der Waals surface area contributed by atoms with Crippen molar-refractivity contribution in [1.82, 2.24) is 9.97 Å². The molecular weight excluding hydrogens is 307 g/mol. The van der Waals surface area contributed by atoms with Crippen molar-refractivity contribution in [3.63, 3.8) is 0 Å². The van der Waals surface area contributed by atoms with E-state index in [1.165, 1.54) is 0 Å². The molecule has 112 valence electrons. The Labute approximate surface area is 134 Å². The van der Waals surface area contributed by atoms with E-state index in [1.807, 2.05) is 13.0 Å². The summed E-state index contributed by atoms with van der Waals surface area (Å²) in [5.41, 5.74) is 1.59. The number of aromatic nitrogens is 2. The van der Waals surface area contributed by atoms with E-state index in [2.05, 4.69) is 34.4 Å². The highest BCUT2D eigenvalue weighted by molar-refractivity contribution is 6.35. The molecule has 4 nitrogen and oxygen atoms in total. The smallest absolute Gasteiger partial charge is 0.224 e. The number of nitrogens with zero attached hydrogens (tertiary/aromatic N) is 2. The number of benzene rings is 1. The maximum absolute atomic E-state index is 6.15. The Kier molecular flexibility index (Phi) is 5.26. The molecule has 21 heavy (non-hydrogen) atoms. The van der Waals surface area contributed by atoms with Crippen molar-refractivity contribution >= 4 is 40.7 Å². The highest BCUT2D eigenvalue weighted by Crippen LogP contribution is 2.28. The quantitative estimate of drug-likeness (QED) is 0.820. The molecule has 6 heteroatoms. The van der Waals surface area contributed by atoms with Gasteiger partial charge in [0.25, 0.3) is 0 Å². The van der Waals surface area contributed by atoms with Crippen molar-refractivity contribution in [2.45, 2.75) is 20.8 Å². The first-order valence-corrected chi connectivity index (χ1v) is 7.51. The molecule has 0 saturated heterocycles. The van der Waals surface area contributed by atoms with Crippen molar-refractivity contribution in [3.05, 3.63) is 40.0 Å². The SMILES string of the molecule is Cc1cc(Nc2cc(Cl)ccc2Cl)nc(NCC(C)C)n1. The summed E-state index contributed by atoms with van der Waals surface area (Å²) < 4.78 is 0. The molecule has 0 spiro atoms. The van der Waals surface area contributed by atoms with Gasteiger partial charge < -0.3 is 10.6 Å². The van der Waals surface area contributed by atoms with E-state index >= 15 is 0 Å². The van der Waals surface area contributed by atoms with Crippen LogP contribution in [0.2, 0.25) is 10.0 Å². The summed E-state index contributed by atoms with van der Waals surface area (Å²) in [6.07, 6.45) is 0. The van der Waals surface area contributed by atoms with Crippen molar-refractivity contribution in [2.75, 3.05) is 17.2 Å². The summed E-state index contributed by atoms with van der Waals surface area (Å²) in [4.78, 5) is 8.80. The first-order chi connectivity index (χ1) is 9.94. The second-order valence-electron chi connectivity index (χ2n) is 5.24. The highest BCUT2D eigenvalue weighted by Gasteiger charge is 2.06. The Bertz CT molecular complexity index is 629. The maximum Gasteiger partial charge on any atom is 0.224 e. The third-order valence-corrected chi connectivity index (χ3v) is 3.28. The summed E-state index contributed by atoms with van der Waals surface area (Å²) >= 11 is 12.1. The predicted molar refractivity (Wildman–Crippen MR) is 89.8 cm³/mol. The largest absolute Gasteiger partial charge is 0.354 e. The molecule has 0 aliphatic heterocycles. The third kappa shape index (κ3) is 4.76. The van der Waals surface area contributed by atoms with Crippen molar-refractivity contribution in [1.29, 1.82) is 0 Å². The number of hydrogen-bond acceptors (Lipinski definition) is 4. The van der Waals surface area contributed by atoms with Crippen molar-refractivity contribution in [3.8, 4) is 0 Å². The zero-order chi connectivity index (χ0) is 15.4. The van der Waals surface area contributed by atoms with E-state index in [4.69, 9.17) is 23.2 Å². The van der Waals surface area contributed by atoms with Crippen LogP contribution >= 0.6 is 23.2 Å². The van der Waals surface area contributed by atoms with Gasteiger partial charge in [-0.3, -0.25) is 0 Å². The van der Waals surface area contributed by atoms with Gasteiger partial charge in [-0.25, -0.2) is 4.98 Å². The van der Waals surface area contributed by atoms with Gasteiger partial charge in [0.1, 0.15) is 5.82 Å². The van der Waals surface area contributed by atoms with Gasteiger partial charge >= 0.3 is 0 Å². The highest BCUT2D eigenvalue weighted by atomic mass is 35.5. The van der Waals surface area contributed by atoms with Crippen LogP contribution in [0.1, 0.15) is 19.5 Å². The average molecular weight is 325 g/mol. The van der Waals surface area contributed by atoms with Crippen LogP contribution in [0.15, 0.2) is 24.3 Å². The first-order valence-electron chi connectivity index (χ1n) is 6.75. The van der Waals surface area contributed by atoms with Gasteiger partial charge in [0.05, 0.1) is 10.7 Å². The predicted octanol–water partition coefficient (Wildman–Crippen LogP) is 4.90. The topological polar surface area (TPSA) is 49.8 Å². The molecule has 0 fully saturated rings. The molecule has 0 atom stereocenters. The molecule has 0 aliphatic rings. The van der Waals surface area contributed by atoms with Gasteiger partial charge in [-0.2, -0.15) is 4.98 Å². The number of anilines is 3. The van der Waals surface area contributed by atoms with Crippen LogP contribution in [0.4, 0.5) is 17.5 Å². The van der Waals surface area contributed by atoms with Crippen molar-refractivity contribution < 1.29 is 0 Å². The Morgan fingerprint density at radius 2 is 1.90 bits per heavy atom. The number of hydrogen-bond donors (Lipinski definition) is 2. The molecule has 0 amide bonds. The summed E-state index contributed by atoms with van der Waals surface area (Å²) in [6, 6.07) is 7.12. The normalized spacial score (nSPS) is 10.8. The van der Waals surface area contributed by atoms with E-state index < -0.39 is 0 Å². The molecule has 2 rings (SSSR count). The Morgan fingerprint density at radius 1 is 1.14 bits per heavy atom. The van der Waals surface area contributed by atoms with Gasteiger partial charge in [0.2, 0.25) is 5.95 Å². The minimum absolute atomic E-state index is 0.521. The molecule has 2 aromatic rings. The van der Waals surface area contributed by atoms with Crippen LogP contribution in [-0.4, -0.2) is 16.5 Å². The average Bonchev–Trinajstić information content (AvgIpc) is 2.40. The maximum atomic E-state index is 6.15. The lowest BCUT2D eigenvalue weighted by atomic mass is 10.2. The van der Waals surface area contributed by atoms with Crippen molar-refractivity contribution in [2.24, 2.45) is 5.92 Å². The summed E-state index contributed by atoms with van der Waals surface area (Å²) in [7, 11) is 0. The van der Waals surface area contributed by atoms with Gasteiger partial charge in [0, 0.05) is 23.3 Å². The van der Waals surface area contributed by atoms with Gasteiger partial charge in [0.15, 0.2) is 0 Å². The third-order valence-electron chi connectivity index (χ3n) is 2.71. The minimum Gasteiger partial charge on any atom is -0.354 e. The van der Waals surface area contributed by atoms with E-state index in [-0.39, 0.29) is 0 Å². The van der Waals surface area contributed by atoms with Crippen LogP contribution in [0.25, 0.3) is 0 Å². The first kappa shape index (κ1) is 15.9. The Balaban J connectivity index is 2.21. The molecule has 0 unspecified atom stereocenters. The standard InChI is InChI=1S/C15H18Cl2N4/c1-9(2)8-18-15-19-10(3)6-14(21-15)20-13-7-11(16)4-5-12(13)17/h4-7,9H,8H2,1-3H3,(H2,18,19,20,21). The van der Waals surface area contributed by atoms with E-state index in [1.54, 1.807) is 18.2 Å². The molecule has 0 radical (unpaired) electrons. The van der Waals surface area contributed by atoms with Crippen LogP contribution in [0.5, 0.6) is 0 Å². The molecule has 1 aromatic carbocycles. The fourth-order valence-corrected chi connectivity index (χ4v) is 2.08. The van der Waals surface area contributed by atoms with Crippen LogP contribution in [0, 0.1) is 12.8 Å². The summed E-state index contributed by atoms with van der Waals surface area (Å²) in [6.45, 7) is 7.01. The van der Waals surface area contributed by atoms with Gasteiger partial charge in [-0.05, 0) is 31.0 Å². The van der Waals surface area contributed by atoms with Crippen LogP contribution < -0.4 is 10.6 Å². The summed E-state index contributed by atoms with van der Waals surface area (Å²) in [5.74, 6) is 1.80. The van der Waals surface area contributed by atoms with E-state index in [0.717, 1.165) is 17.9 Å². The fraction of sp³-hybridized carbons (Fsp3) is 0.333. The second kappa shape index (κ2) is 6.96. The zero-order valence-corrected chi connectivity index (χ0v) is 13.8. The van der Waals surface area contributed by atoms with Gasteiger partial charge in [-0.1, -0.05) is 37.0 Å². The molecule has 0 saturated carbocycles. The number of aryl methyl sites for hydroxylation is 1. The lowest BCUT2D eigenvalue weighted by Crippen LogP contribution is -2.11. The molecule has 0 bridgehead atoms. The second-order valence-corrected chi connectivity index (χ2v) is 6.09. The summed E-state index contributed by atoms with van der Waals surface area (Å²) in [5, 5.41) is 7.60. The molecular formula is C15H18Cl2N4. The number of halogens is 2. The molecule has 1 heterocycles. The molecule has 0 aliphatic carbocycles. The van der Waals surface area contributed by atoms with E-state index in [0.29, 0.717) is 27.7 Å². The lowest BCUT2D eigenvalue weighted by Gasteiger charge is -2.12.